The van der Waals surface area contributed by atoms with Gasteiger partial charge in [-0.3, -0.25) is 4.79 Å². The summed E-state index contributed by atoms with van der Waals surface area (Å²) in [6.07, 6.45) is 2.91. The van der Waals surface area contributed by atoms with Gasteiger partial charge in [0.05, 0.1) is 0 Å². The first-order valence-corrected chi connectivity index (χ1v) is 8.41. The number of nitrogens with zero attached hydrogens (tertiary/aromatic N) is 2. The summed E-state index contributed by atoms with van der Waals surface area (Å²) >= 11 is 6.06. The first-order valence-electron chi connectivity index (χ1n) is 8.03. The molecule has 126 valence electrons. The highest BCUT2D eigenvalue weighted by Crippen LogP contribution is 2.20. The van der Waals surface area contributed by atoms with Crippen molar-refractivity contribution < 1.29 is 4.79 Å². The summed E-state index contributed by atoms with van der Waals surface area (Å²) in [5, 5.41) is 4.94. The molecule has 2 aromatic rings. The van der Waals surface area contributed by atoms with Gasteiger partial charge in [-0.15, -0.1) is 0 Å². The topological polar surface area (TPSA) is 37.3 Å². The Bertz CT molecular complexity index is 653. The van der Waals surface area contributed by atoms with Crippen LogP contribution in [0.4, 0.5) is 0 Å². The van der Waals surface area contributed by atoms with Crippen LogP contribution in [0.3, 0.4) is 0 Å². The van der Waals surface area contributed by atoms with Crippen molar-refractivity contribution in [2.45, 2.75) is 32.9 Å². The molecule has 0 spiro atoms. The molecule has 1 N–H and O–H groups in total. The first-order chi connectivity index (χ1) is 10.8. The highest BCUT2D eigenvalue weighted by atomic mass is 35.5. The van der Waals surface area contributed by atoms with Gasteiger partial charge in [0.1, 0.15) is 6.54 Å². The van der Waals surface area contributed by atoms with Gasteiger partial charge in [0, 0.05) is 29.3 Å². The molecule has 0 fully saturated rings. The van der Waals surface area contributed by atoms with Crippen LogP contribution in [0, 0.1) is 5.92 Å². The number of carbonyl (C=O) groups is 1. The summed E-state index contributed by atoms with van der Waals surface area (Å²) in [5.74, 6) is 0.585. The van der Waals surface area contributed by atoms with E-state index in [1.165, 1.54) is 0 Å². The van der Waals surface area contributed by atoms with Crippen LogP contribution in [0.15, 0.2) is 30.5 Å². The minimum absolute atomic E-state index is 0.0370. The molecule has 0 saturated carbocycles. The average Bonchev–Trinajstić information content (AvgIpc) is 2.79. The molecular formula is C18H26ClN3O. The van der Waals surface area contributed by atoms with E-state index in [9.17, 15) is 4.79 Å². The molecule has 1 aromatic heterocycles. The number of nitrogens with one attached hydrogen (secondary N) is 1. The van der Waals surface area contributed by atoms with E-state index in [0.29, 0.717) is 17.5 Å². The molecular weight excluding hydrogens is 310 g/mol. The Hall–Kier alpha value is -1.52. The lowest BCUT2D eigenvalue weighted by molar-refractivity contribution is -0.122. The third-order valence-electron chi connectivity index (χ3n) is 3.76. The van der Waals surface area contributed by atoms with E-state index in [1.54, 1.807) is 0 Å². The number of likely N-dealkylation sites (N-methyl/N-ethyl adjacent to an activating group) is 1. The van der Waals surface area contributed by atoms with Crippen molar-refractivity contribution in [2.24, 2.45) is 5.92 Å². The number of fused-ring (bicyclic) bond motifs is 1. The summed E-state index contributed by atoms with van der Waals surface area (Å²) in [6, 6.07) is 7.91. The van der Waals surface area contributed by atoms with E-state index in [2.05, 4.69) is 24.1 Å². The SMILES string of the molecule is CC(C)CC(CN(C)C)NC(=O)Cn1ccc2ccc(Cl)cc21. The molecule has 0 bridgehead atoms. The second-order valence-corrected chi connectivity index (χ2v) is 7.24. The van der Waals surface area contributed by atoms with Gasteiger partial charge >= 0.3 is 0 Å². The second kappa shape index (κ2) is 7.84. The third kappa shape index (κ3) is 5.26. The maximum atomic E-state index is 12.4. The first kappa shape index (κ1) is 17.8. The van der Waals surface area contributed by atoms with E-state index in [1.807, 2.05) is 49.1 Å². The molecule has 1 unspecified atom stereocenters. The summed E-state index contributed by atoms with van der Waals surface area (Å²) in [7, 11) is 4.06. The van der Waals surface area contributed by atoms with Crippen LogP contribution < -0.4 is 5.32 Å². The monoisotopic (exact) mass is 335 g/mol. The second-order valence-electron chi connectivity index (χ2n) is 6.80. The molecule has 0 aliphatic carbocycles. The van der Waals surface area contributed by atoms with Gasteiger partial charge in [-0.1, -0.05) is 31.5 Å². The van der Waals surface area contributed by atoms with Crippen LogP contribution >= 0.6 is 11.6 Å². The third-order valence-corrected chi connectivity index (χ3v) is 3.99. The number of benzene rings is 1. The lowest BCUT2D eigenvalue weighted by atomic mass is 10.0. The van der Waals surface area contributed by atoms with Crippen LogP contribution in [0.25, 0.3) is 10.9 Å². The van der Waals surface area contributed by atoms with Crippen LogP contribution in [-0.2, 0) is 11.3 Å². The Labute approximate surface area is 143 Å². The zero-order valence-electron chi connectivity index (χ0n) is 14.3. The Morgan fingerprint density at radius 2 is 2.04 bits per heavy atom. The summed E-state index contributed by atoms with van der Waals surface area (Å²) < 4.78 is 1.94. The van der Waals surface area contributed by atoms with Crippen molar-refractivity contribution in [3.63, 3.8) is 0 Å². The number of amides is 1. The number of carbonyl (C=O) groups excluding carboxylic acids is 1. The molecule has 2 rings (SSSR count). The normalized spacial score (nSPS) is 13.0. The van der Waals surface area contributed by atoms with Crippen LogP contribution in [0.5, 0.6) is 0 Å². The number of aromatic nitrogens is 1. The van der Waals surface area contributed by atoms with E-state index in [4.69, 9.17) is 11.6 Å². The molecule has 0 aliphatic heterocycles. The predicted octanol–water partition coefficient (Wildman–Crippen LogP) is 3.39. The molecule has 4 nitrogen and oxygen atoms in total. The lowest BCUT2D eigenvalue weighted by Crippen LogP contribution is -2.43. The molecule has 0 saturated heterocycles. The van der Waals surface area contributed by atoms with Gasteiger partial charge in [-0.2, -0.15) is 0 Å². The minimum Gasteiger partial charge on any atom is -0.351 e. The van der Waals surface area contributed by atoms with Crippen molar-refractivity contribution in [3.8, 4) is 0 Å². The molecule has 1 heterocycles. The Balaban J connectivity index is 2.05. The number of hydrogen-bond acceptors (Lipinski definition) is 2. The molecule has 5 heteroatoms. The summed E-state index contributed by atoms with van der Waals surface area (Å²) in [5.41, 5.74) is 0.987. The highest BCUT2D eigenvalue weighted by Gasteiger charge is 2.15. The van der Waals surface area contributed by atoms with Crippen LogP contribution in [0.2, 0.25) is 5.02 Å². The highest BCUT2D eigenvalue weighted by molar-refractivity contribution is 6.31. The van der Waals surface area contributed by atoms with Crippen molar-refractivity contribution >= 4 is 28.4 Å². The smallest absolute Gasteiger partial charge is 0.240 e. The van der Waals surface area contributed by atoms with Gasteiger partial charge < -0.3 is 14.8 Å². The molecule has 1 amide bonds. The zero-order chi connectivity index (χ0) is 17.0. The van der Waals surface area contributed by atoms with Gasteiger partial charge in [0.15, 0.2) is 0 Å². The number of halogens is 1. The van der Waals surface area contributed by atoms with Gasteiger partial charge in [0.25, 0.3) is 0 Å². The molecule has 0 aliphatic rings. The number of rotatable bonds is 7. The summed E-state index contributed by atoms with van der Waals surface area (Å²) in [4.78, 5) is 14.5. The van der Waals surface area contributed by atoms with Gasteiger partial charge in [-0.05, 0) is 50.0 Å². The lowest BCUT2D eigenvalue weighted by Gasteiger charge is -2.24. The van der Waals surface area contributed by atoms with Gasteiger partial charge in [0.2, 0.25) is 5.91 Å². The fourth-order valence-corrected chi connectivity index (χ4v) is 3.08. The maximum Gasteiger partial charge on any atom is 0.240 e. The summed E-state index contributed by atoms with van der Waals surface area (Å²) in [6.45, 7) is 5.51. The molecule has 0 radical (unpaired) electrons. The number of hydrogen-bond donors (Lipinski definition) is 1. The van der Waals surface area contributed by atoms with Crippen molar-refractivity contribution in [3.05, 3.63) is 35.5 Å². The zero-order valence-corrected chi connectivity index (χ0v) is 15.1. The molecule has 1 aromatic carbocycles. The molecule has 1 atom stereocenters. The fraction of sp³-hybridized carbons (Fsp3) is 0.500. The maximum absolute atomic E-state index is 12.4. The van der Waals surface area contributed by atoms with E-state index >= 15 is 0 Å². The van der Waals surface area contributed by atoms with Crippen molar-refractivity contribution in [2.75, 3.05) is 20.6 Å². The van der Waals surface area contributed by atoms with E-state index in [0.717, 1.165) is 23.9 Å². The van der Waals surface area contributed by atoms with Crippen LogP contribution in [-0.4, -0.2) is 42.1 Å². The average molecular weight is 336 g/mol. The Morgan fingerprint density at radius 3 is 2.70 bits per heavy atom. The predicted molar refractivity (Wildman–Crippen MR) is 96.9 cm³/mol. The van der Waals surface area contributed by atoms with E-state index < -0.39 is 0 Å². The quantitative estimate of drug-likeness (QED) is 0.842. The van der Waals surface area contributed by atoms with E-state index in [-0.39, 0.29) is 11.9 Å². The van der Waals surface area contributed by atoms with Crippen LogP contribution in [0.1, 0.15) is 20.3 Å². The molecule has 23 heavy (non-hydrogen) atoms. The van der Waals surface area contributed by atoms with Gasteiger partial charge in [-0.25, -0.2) is 0 Å². The largest absolute Gasteiger partial charge is 0.351 e. The Kier molecular flexibility index (Phi) is 6.08. The van der Waals surface area contributed by atoms with Crippen molar-refractivity contribution in [1.29, 1.82) is 0 Å². The van der Waals surface area contributed by atoms with Crippen molar-refractivity contribution in [1.82, 2.24) is 14.8 Å². The fourth-order valence-electron chi connectivity index (χ4n) is 2.91. The minimum atomic E-state index is 0.0370. The Morgan fingerprint density at radius 1 is 1.30 bits per heavy atom. The standard InChI is InChI=1S/C18H26ClN3O/c1-13(2)9-16(11-21(3)4)20-18(23)12-22-8-7-14-5-6-15(19)10-17(14)22/h5-8,10,13,16H,9,11-12H2,1-4H3,(H,20,23).